The molecule has 4 nitrogen and oxygen atoms in total. The summed E-state index contributed by atoms with van der Waals surface area (Å²) in [7, 11) is 0. The Kier molecular flexibility index (Phi) is 5.93. The Morgan fingerprint density at radius 2 is 1.79 bits per heavy atom. The van der Waals surface area contributed by atoms with E-state index in [4.69, 9.17) is 4.42 Å². The molecule has 2 aromatic carbocycles. The van der Waals surface area contributed by atoms with E-state index in [9.17, 15) is 9.18 Å². The van der Waals surface area contributed by atoms with Crippen molar-refractivity contribution in [2.24, 2.45) is 5.41 Å². The van der Waals surface area contributed by atoms with E-state index in [1.807, 2.05) is 30.3 Å². The Morgan fingerprint density at radius 3 is 2.43 bits per heavy atom. The number of amides is 1. The van der Waals surface area contributed by atoms with Crippen LogP contribution in [0.2, 0.25) is 0 Å². The van der Waals surface area contributed by atoms with Gasteiger partial charge in [-0.05, 0) is 41.7 Å². The van der Waals surface area contributed by atoms with E-state index in [0.29, 0.717) is 11.6 Å². The number of hydrogen-bond donors (Lipinski definition) is 1. The lowest BCUT2D eigenvalue weighted by Crippen LogP contribution is -2.32. The molecule has 1 amide bonds. The molecule has 1 N–H and O–H groups in total. The van der Waals surface area contributed by atoms with E-state index >= 15 is 0 Å². The summed E-state index contributed by atoms with van der Waals surface area (Å²) in [6.45, 7) is 6.33. The van der Waals surface area contributed by atoms with E-state index < -0.39 is 0 Å². The van der Waals surface area contributed by atoms with Crippen LogP contribution in [0.25, 0.3) is 11.5 Å². The Balaban J connectivity index is 1.70. The number of rotatable bonds is 6. The molecule has 1 heterocycles. The second kappa shape index (κ2) is 8.38. The lowest BCUT2D eigenvalue weighted by molar-refractivity contribution is -0.121. The highest BCUT2D eigenvalue weighted by atomic mass is 19.1. The third-order valence-electron chi connectivity index (χ3n) is 4.34. The number of benzene rings is 2. The van der Waals surface area contributed by atoms with Gasteiger partial charge < -0.3 is 9.73 Å². The zero-order valence-corrected chi connectivity index (χ0v) is 16.4. The predicted octanol–water partition coefficient (Wildman–Crippen LogP) is 5.32. The molecule has 0 aliphatic carbocycles. The Morgan fingerprint density at radius 1 is 1.11 bits per heavy atom. The highest BCUT2D eigenvalue weighted by Crippen LogP contribution is 2.29. The first-order valence-corrected chi connectivity index (χ1v) is 9.35. The minimum atomic E-state index is -0.291. The van der Waals surface area contributed by atoms with E-state index in [1.54, 1.807) is 12.1 Å². The van der Waals surface area contributed by atoms with Crippen LogP contribution in [0.4, 0.5) is 4.39 Å². The molecule has 0 saturated carbocycles. The first-order valence-electron chi connectivity index (χ1n) is 9.35. The van der Waals surface area contributed by atoms with Gasteiger partial charge in [0.05, 0.1) is 18.2 Å². The van der Waals surface area contributed by atoms with Gasteiger partial charge in [-0.1, -0.05) is 51.1 Å². The smallest absolute Gasteiger partial charge is 0.226 e. The average Bonchev–Trinajstić information content (AvgIpc) is 3.10. The molecule has 0 radical (unpaired) electrons. The predicted molar refractivity (Wildman–Crippen MR) is 107 cm³/mol. The number of carbonyl (C=O) groups excluding carboxylic acids is 1. The quantitative estimate of drug-likeness (QED) is 0.630. The first-order chi connectivity index (χ1) is 13.3. The highest BCUT2D eigenvalue weighted by Gasteiger charge is 2.22. The molecule has 5 heteroatoms. The summed E-state index contributed by atoms with van der Waals surface area (Å²) >= 11 is 0. The van der Waals surface area contributed by atoms with E-state index in [-0.39, 0.29) is 29.6 Å². The number of carbonyl (C=O) groups is 1. The minimum absolute atomic E-state index is 0.000696. The lowest BCUT2D eigenvalue weighted by Gasteiger charge is -2.27. The van der Waals surface area contributed by atoms with Gasteiger partial charge in [0.2, 0.25) is 11.8 Å². The van der Waals surface area contributed by atoms with Crippen LogP contribution in [-0.2, 0) is 11.2 Å². The van der Waals surface area contributed by atoms with Crippen LogP contribution in [0.5, 0.6) is 0 Å². The van der Waals surface area contributed by atoms with E-state index in [2.05, 4.69) is 31.1 Å². The summed E-state index contributed by atoms with van der Waals surface area (Å²) in [6, 6.07) is 15.6. The van der Waals surface area contributed by atoms with Crippen molar-refractivity contribution in [2.45, 2.75) is 39.7 Å². The van der Waals surface area contributed by atoms with Gasteiger partial charge in [0, 0.05) is 5.56 Å². The zero-order valence-electron chi connectivity index (χ0n) is 16.4. The molecule has 0 aliphatic heterocycles. The number of nitrogens with zero attached hydrogens (tertiary/aromatic N) is 1. The molecule has 1 aromatic heterocycles. The fourth-order valence-corrected chi connectivity index (χ4v) is 3.07. The fourth-order valence-electron chi connectivity index (χ4n) is 3.07. The molecule has 28 heavy (non-hydrogen) atoms. The van der Waals surface area contributed by atoms with Crippen molar-refractivity contribution >= 4 is 5.91 Å². The number of aromatic nitrogens is 1. The molecule has 146 valence electrons. The van der Waals surface area contributed by atoms with Gasteiger partial charge in [0.1, 0.15) is 12.1 Å². The zero-order chi connectivity index (χ0) is 20.1. The average molecular weight is 380 g/mol. The third-order valence-corrected chi connectivity index (χ3v) is 4.34. The van der Waals surface area contributed by atoms with Gasteiger partial charge >= 0.3 is 0 Å². The molecular formula is C23H25FN2O2. The van der Waals surface area contributed by atoms with Gasteiger partial charge in [0.15, 0.2) is 0 Å². The van der Waals surface area contributed by atoms with Gasteiger partial charge in [0.25, 0.3) is 0 Å². The summed E-state index contributed by atoms with van der Waals surface area (Å²) in [6.07, 6.45) is 2.37. The Hall–Kier alpha value is -2.95. The molecule has 1 unspecified atom stereocenters. The maximum atomic E-state index is 13.3. The molecule has 0 aliphatic rings. The number of hydrogen-bond acceptors (Lipinski definition) is 3. The van der Waals surface area contributed by atoms with Crippen molar-refractivity contribution in [3.05, 3.63) is 77.9 Å². The minimum Gasteiger partial charge on any atom is -0.444 e. The summed E-state index contributed by atoms with van der Waals surface area (Å²) in [5, 5.41) is 3.06. The second-order valence-corrected chi connectivity index (χ2v) is 8.12. The Labute approximate surface area is 164 Å². The van der Waals surface area contributed by atoms with Crippen LogP contribution in [0.15, 0.2) is 65.3 Å². The summed E-state index contributed by atoms with van der Waals surface area (Å²) < 4.78 is 18.8. The van der Waals surface area contributed by atoms with E-state index in [1.165, 1.54) is 18.4 Å². The monoisotopic (exact) mass is 380 g/mol. The SMILES string of the molecule is CC(C)(C)CC(NC(=O)Cc1coc(-c2ccccc2)n1)c1ccc(F)cc1. The van der Waals surface area contributed by atoms with Crippen LogP contribution in [0, 0.1) is 11.2 Å². The number of oxazole rings is 1. The van der Waals surface area contributed by atoms with Gasteiger partial charge in [-0.25, -0.2) is 9.37 Å². The Bertz CT molecular complexity index is 912. The molecular weight excluding hydrogens is 355 g/mol. The molecule has 0 saturated heterocycles. The second-order valence-electron chi connectivity index (χ2n) is 8.12. The number of halogens is 1. The normalized spacial score (nSPS) is 12.6. The van der Waals surface area contributed by atoms with Crippen molar-refractivity contribution in [2.75, 3.05) is 0 Å². The molecule has 3 rings (SSSR count). The summed E-state index contributed by atoms with van der Waals surface area (Å²) in [5.74, 6) is 0.0558. The number of nitrogens with one attached hydrogen (secondary N) is 1. The van der Waals surface area contributed by atoms with Crippen molar-refractivity contribution in [3.63, 3.8) is 0 Å². The maximum absolute atomic E-state index is 13.3. The molecule has 3 aromatic rings. The van der Waals surface area contributed by atoms with Crippen LogP contribution in [0.3, 0.4) is 0 Å². The van der Waals surface area contributed by atoms with Crippen LogP contribution in [-0.4, -0.2) is 10.9 Å². The first kappa shape index (κ1) is 19.8. The van der Waals surface area contributed by atoms with Crippen LogP contribution in [0.1, 0.15) is 44.5 Å². The van der Waals surface area contributed by atoms with Gasteiger partial charge in [-0.15, -0.1) is 0 Å². The van der Waals surface area contributed by atoms with Crippen LogP contribution >= 0.6 is 0 Å². The fraction of sp³-hybridized carbons (Fsp3) is 0.304. The molecule has 0 spiro atoms. The van der Waals surface area contributed by atoms with Crippen molar-refractivity contribution in [3.8, 4) is 11.5 Å². The molecule has 0 fully saturated rings. The molecule has 1 atom stereocenters. The van der Waals surface area contributed by atoms with Crippen molar-refractivity contribution in [1.82, 2.24) is 10.3 Å². The third kappa shape index (κ3) is 5.52. The van der Waals surface area contributed by atoms with Crippen LogP contribution < -0.4 is 5.32 Å². The van der Waals surface area contributed by atoms with Crippen molar-refractivity contribution < 1.29 is 13.6 Å². The van der Waals surface area contributed by atoms with Gasteiger partial charge in [-0.2, -0.15) is 0 Å². The summed E-state index contributed by atoms with van der Waals surface area (Å²) in [4.78, 5) is 17.0. The van der Waals surface area contributed by atoms with E-state index in [0.717, 1.165) is 17.5 Å². The lowest BCUT2D eigenvalue weighted by atomic mass is 9.85. The maximum Gasteiger partial charge on any atom is 0.226 e. The highest BCUT2D eigenvalue weighted by molar-refractivity contribution is 5.78. The van der Waals surface area contributed by atoms with Gasteiger partial charge in [-0.3, -0.25) is 4.79 Å². The largest absolute Gasteiger partial charge is 0.444 e. The standard InChI is InChI=1S/C23H25FN2O2/c1-23(2,3)14-20(16-9-11-18(24)12-10-16)26-21(27)13-19-15-28-22(25-19)17-7-5-4-6-8-17/h4-12,15,20H,13-14H2,1-3H3,(H,26,27). The topological polar surface area (TPSA) is 55.1 Å². The van der Waals surface area contributed by atoms with Crippen molar-refractivity contribution in [1.29, 1.82) is 0 Å². The summed E-state index contributed by atoms with van der Waals surface area (Å²) in [5.41, 5.74) is 2.33. The molecule has 0 bridgehead atoms.